The van der Waals surface area contributed by atoms with E-state index in [-0.39, 0.29) is 54.1 Å². The van der Waals surface area contributed by atoms with Crippen LogP contribution in [0.3, 0.4) is 0 Å². The molecule has 1 atom stereocenters. The highest BCUT2D eigenvalue weighted by atomic mass is 32.2. The maximum absolute atomic E-state index is 15.5. The summed E-state index contributed by atoms with van der Waals surface area (Å²) in [5.74, 6) is -1.93. The molecule has 0 amide bonds. The van der Waals surface area contributed by atoms with Crippen LogP contribution in [0.2, 0.25) is 0 Å². The third-order valence-corrected chi connectivity index (χ3v) is 10.9. The summed E-state index contributed by atoms with van der Waals surface area (Å²) in [6, 6.07) is 8.02. The van der Waals surface area contributed by atoms with Crippen LogP contribution in [0.4, 0.5) is 20.3 Å². The lowest BCUT2D eigenvalue weighted by molar-refractivity contribution is -0.0568. The topological polar surface area (TPSA) is 100 Å². The van der Waals surface area contributed by atoms with Gasteiger partial charge in [0.25, 0.3) is 11.5 Å². The number of hydrogen-bond donors (Lipinski definition) is 1. The van der Waals surface area contributed by atoms with Gasteiger partial charge in [0.05, 0.1) is 16.9 Å². The number of nitrogens with one attached hydrogen (secondary N) is 1. The molecule has 2 aromatic heterocycles. The Morgan fingerprint density at radius 2 is 1.66 bits per heavy atom. The number of aromatic nitrogens is 3. The molecule has 238 valence electrons. The van der Waals surface area contributed by atoms with Crippen LogP contribution in [0.1, 0.15) is 68.4 Å². The Labute approximate surface area is 257 Å². The molecule has 4 aliphatic rings. The first kappa shape index (κ1) is 30.9. The average Bonchev–Trinajstić information content (AvgIpc) is 2.95. The zero-order valence-electron chi connectivity index (χ0n) is 25.6. The molecule has 2 saturated heterocycles. The van der Waals surface area contributed by atoms with Crippen molar-refractivity contribution in [3.63, 3.8) is 0 Å². The van der Waals surface area contributed by atoms with Crippen molar-refractivity contribution in [1.82, 2.24) is 19.4 Å². The number of benzene rings is 1. The highest BCUT2D eigenvalue weighted by Gasteiger charge is 2.39. The number of hydrogen-bond acceptors (Lipinski definition) is 8. The van der Waals surface area contributed by atoms with Gasteiger partial charge in [-0.25, -0.2) is 27.2 Å². The minimum absolute atomic E-state index is 0.00380. The van der Waals surface area contributed by atoms with Crippen LogP contribution in [-0.2, 0) is 22.3 Å². The van der Waals surface area contributed by atoms with Gasteiger partial charge in [0, 0.05) is 50.7 Å². The molecule has 0 spiro atoms. The number of alkyl halides is 2. The molecule has 0 unspecified atom stereocenters. The molecule has 1 aromatic carbocycles. The Kier molecular flexibility index (Phi) is 8.67. The van der Waals surface area contributed by atoms with E-state index in [4.69, 9.17) is 9.97 Å². The second kappa shape index (κ2) is 12.3. The normalized spacial score (nSPS) is 25.9. The summed E-state index contributed by atoms with van der Waals surface area (Å²) < 4.78 is 56.9. The van der Waals surface area contributed by atoms with Crippen molar-refractivity contribution in [2.75, 3.05) is 54.4 Å². The summed E-state index contributed by atoms with van der Waals surface area (Å²) in [5.41, 5.74) is 1.50. The average molecular weight is 629 g/mol. The van der Waals surface area contributed by atoms with Gasteiger partial charge in [-0.3, -0.25) is 9.36 Å². The zero-order chi connectivity index (χ0) is 31.1. The van der Waals surface area contributed by atoms with Crippen molar-refractivity contribution in [1.29, 1.82) is 0 Å². The highest BCUT2D eigenvalue weighted by Crippen LogP contribution is 2.39. The van der Waals surface area contributed by atoms with E-state index in [1.807, 2.05) is 17.9 Å². The van der Waals surface area contributed by atoms with Crippen LogP contribution in [0.5, 0.6) is 0 Å². The summed E-state index contributed by atoms with van der Waals surface area (Å²) in [5, 5.41) is 4.08. The molecule has 9 nitrogen and oxygen atoms in total. The number of sulfone groups is 1. The standard InChI is InChI=1S/C32H42F2N6O3S/c1-22-25-9-8-10-26(17-25)32(33,34)19-24-20-38(21-24)11-6-4-3-5-7-12-40-30-27(29(35-22)36-23(2)37-30)18-28(31(40)41)39-13-15-44(42,43)16-14-39/h8-10,17-18,22,24H,3-7,11-16,19-21H2,1-2H3,(H,35,36,37)/t22-/m1/s1. The Morgan fingerprint density at radius 1 is 0.955 bits per heavy atom. The predicted octanol–water partition coefficient (Wildman–Crippen LogP) is 4.89. The van der Waals surface area contributed by atoms with Gasteiger partial charge >= 0.3 is 0 Å². The lowest BCUT2D eigenvalue weighted by Crippen LogP contribution is -2.48. The minimum Gasteiger partial charge on any atom is -0.365 e. The molecule has 44 heavy (non-hydrogen) atoms. The Hall–Kier alpha value is -3.12. The molecule has 0 saturated carbocycles. The Bertz CT molecular complexity index is 1680. The molecule has 3 aromatic rings. The smallest absolute Gasteiger partial charge is 0.275 e. The van der Waals surface area contributed by atoms with Gasteiger partial charge in [0.2, 0.25) is 0 Å². The maximum atomic E-state index is 15.5. The summed E-state index contributed by atoms with van der Waals surface area (Å²) in [4.78, 5) is 27.5. The molecule has 12 heteroatoms. The molecule has 0 radical (unpaired) electrons. The van der Waals surface area contributed by atoms with Gasteiger partial charge in [0.15, 0.2) is 9.84 Å². The lowest BCUT2D eigenvalue weighted by Gasteiger charge is -2.41. The van der Waals surface area contributed by atoms with E-state index in [0.717, 1.165) is 51.7 Å². The maximum Gasteiger partial charge on any atom is 0.275 e. The fourth-order valence-corrected chi connectivity index (χ4v) is 7.97. The quantitative estimate of drug-likeness (QED) is 0.407. The summed E-state index contributed by atoms with van der Waals surface area (Å²) >= 11 is 0. The second-order valence-electron chi connectivity index (χ2n) is 12.8. The van der Waals surface area contributed by atoms with Crippen LogP contribution in [-0.4, -0.2) is 72.1 Å². The first-order valence-electron chi connectivity index (χ1n) is 15.8. The van der Waals surface area contributed by atoms with Gasteiger partial charge < -0.3 is 15.1 Å². The van der Waals surface area contributed by atoms with Gasteiger partial charge in [-0.15, -0.1) is 0 Å². The number of aryl methyl sites for hydroxylation is 2. The van der Waals surface area contributed by atoms with E-state index in [1.54, 1.807) is 29.7 Å². The van der Waals surface area contributed by atoms with E-state index < -0.39 is 15.8 Å². The molecule has 2 fully saturated rings. The number of nitrogens with zero attached hydrogens (tertiary/aromatic N) is 5. The van der Waals surface area contributed by atoms with Crippen molar-refractivity contribution >= 4 is 32.4 Å². The number of halogens is 2. The van der Waals surface area contributed by atoms with Gasteiger partial charge in [0.1, 0.15) is 23.0 Å². The van der Waals surface area contributed by atoms with Gasteiger partial charge in [-0.2, -0.15) is 0 Å². The van der Waals surface area contributed by atoms with Crippen LogP contribution in [0, 0.1) is 12.8 Å². The first-order chi connectivity index (χ1) is 21.0. The molecule has 8 bridgehead atoms. The van der Waals surface area contributed by atoms with Crippen LogP contribution < -0.4 is 15.8 Å². The van der Waals surface area contributed by atoms with Gasteiger partial charge in [-0.05, 0) is 56.8 Å². The largest absolute Gasteiger partial charge is 0.365 e. The SMILES string of the molecule is Cc1nc2c3cc(N4CCS(=O)(=O)CC4)c(=O)n(c3n1)CCCCCCCN1CC(C1)CC(F)(F)c1cccc(c1)[C@@H](C)N2. The van der Waals surface area contributed by atoms with Crippen LogP contribution >= 0.6 is 0 Å². The van der Waals surface area contributed by atoms with Crippen molar-refractivity contribution in [2.24, 2.45) is 5.92 Å². The van der Waals surface area contributed by atoms with Crippen molar-refractivity contribution < 1.29 is 17.2 Å². The predicted molar refractivity (Wildman–Crippen MR) is 169 cm³/mol. The van der Waals surface area contributed by atoms with E-state index in [2.05, 4.69) is 10.2 Å². The number of rotatable bonds is 1. The second-order valence-corrected chi connectivity index (χ2v) is 15.1. The molecular weight excluding hydrogens is 586 g/mol. The molecular formula is C32H42F2N6O3S. The zero-order valence-corrected chi connectivity index (χ0v) is 26.4. The van der Waals surface area contributed by atoms with Crippen molar-refractivity contribution in [3.05, 3.63) is 57.6 Å². The molecule has 4 aliphatic heterocycles. The van der Waals surface area contributed by atoms with Crippen molar-refractivity contribution in [3.8, 4) is 0 Å². The summed E-state index contributed by atoms with van der Waals surface area (Å²) in [6.45, 7) is 7.03. The Balaban J connectivity index is 1.40. The third-order valence-electron chi connectivity index (χ3n) is 9.32. The van der Waals surface area contributed by atoms with Gasteiger partial charge in [-0.1, -0.05) is 37.5 Å². The summed E-state index contributed by atoms with van der Waals surface area (Å²) in [6.07, 6.45) is 4.72. The molecule has 6 heterocycles. The molecule has 0 aliphatic carbocycles. The molecule has 7 rings (SSSR count). The lowest BCUT2D eigenvalue weighted by atomic mass is 9.89. The minimum atomic E-state index is -3.13. The van der Waals surface area contributed by atoms with E-state index in [0.29, 0.717) is 40.5 Å². The number of fused-ring (bicyclic) bond motifs is 8. The number of anilines is 2. The van der Waals surface area contributed by atoms with Crippen LogP contribution in [0.15, 0.2) is 35.1 Å². The fraction of sp³-hybridized carbons (Fsp3) is 0.594. The Morgan fingerprint density at radius 3 is 2.41 bits per heavy atom. The monoisotopic (exact) mass is 628 g/mol. The third kappa shape index (κ3) is 6.61. The number of pyridine rings is 1. The van der Waals surface area contributed by atoms with E-state index in [9.17, 15) is 13.2 Å². The van der Waals surface area contributed by atoms with E-state index in [1.165, 1.54) is 6.07 Å². The molecule has 1 N–H and O–H groups in total. The highest BCUT2D eigenvalue weighted by molar-refractivity contribution is 7.91. The fourth-order valence-electron chi connectivity index (χ4n) is 6.76. The first-order valence-corrected chi connectivity index (χ1v) is 17.7. The van der Waals surface area contributed by atoms with Crippen LogP contribution in [0.25, 0.3) is 11.0 Å². The van der Waals surface area contributed by atoms with E-state index >= 15 is 8.78 Å². The summed E-state index contributed by atoms with van der Waals surface area (Å²) in [7, 11) is -3.13. The van der Waals surface area contributed by atoms with Crippen molar-refractivity contribution in [2.45, 2.75) is 70.9 Å².